The highest BCUT2D eigenvalue weighted by atomic mass is 19.1. The van der Waals surface area contributed by atoms with Crippen LogP contribution in [0.25, 0.3) is 0 Å². The van der Waals surface area contributed by atoms with Crippen molar-refractivity contribution in [2.45, 2.75) is 26.4 Å². The van der Waals surface area contributed by atoms with Gasteiger partial charge in [0.25, 0.3) is 0 Å². The van der Waals surface area contributed by atoms with Crippen LogP contribution in [-0.4, -0.2) is 26.3 Å². The Labute approximate surface area is 116 Å². The molecule has 5 nitrogen and oxygen atoms in total. The van der Waals surface area contributed by atoms with Gasteiger partial charge in [0.15, 0.2) is 0 Å². The van der Waals surface area contributed by atoms with E-state index in [0.717, 1.165) is 6.07 Å². The smallest absolute Gasteiger partial charge is 0.423 e. The van der Waals surface area contributed by atoms with Gasteiger partial charge in [-0.15, -0.1) is 0 Å². The van der Waals surface area contributed by atoms with E-state index in [1.807, 2.05) is 13.8 Å². The molecule has 20 heavy (non-hydrogen) atoms. The van der Waals surface area contributed by atoms with Crippen LogP contribution < -0.4 is 11.2 Å². The SMILES string of the molecule is CC(C)n1ccn(Cc2ccc(F)cc2B(O)O)c1=O. The fourth-order valence-corrected chi connectivity index (χ4v) is 2.08. The maximum absolute atomic E-state index is 13.1. The lowest BCUT2D eigenvalue weighted by molar-refractivity contribution is 0.424. The second kappa shape index (κ2) is 5.64. The summed E-state index contributed by atoms with van der Waals surface area (Å²) in [7, 11) is -1.77. The van der Waals surface area contributed by atoms with Crippen molar-refractivity contribution in [1.29, 1.82) is 0 Å². The van der Waals surface area contributed by atoms with Crippen LogP contribution in [0.1, 0.15) is 25.5 Å². The van der Waals surface area contributed by atoms with Gasteiger partial charge in [-0.3, -0.25) is 9.13 Å². The van der Waals surface area contributed by atoms with E-state index in [1.165, 1.54) is 16.7 Å². The maximum Gasteiger partial charge on any atom is 0.488 e. The van der Waals surface area contributed by atoms with Gasteiger partial charge in [0.2, 0.25) is 0 Å². The van der Waals surface area contributed by atoms with Gasteiger partial charge in [0.1, 0.15) is 5.82 Å². The van der Waals surface area contributed by atoms with E-state index in [9.17, 15) is 19.2 Å². The topological polar surface area (TPSA) is 67.4 Å². The summed E-state index contributed by atoms with van der Waals surface area (Å²) in [4.78, 5) is 12.1. The highest BCUT2D eigenvalue weighted by molar-refractivity contribution is 6.59. The summed E-state index contributed by atoms with van der Waals surface area (Å²) in [6.07, 6.45) is 3.30. The Kier molecular flexibility index (Phi) is 4.10. The molecule has 0 aliphatic heterocycles. The first-order chi connectivity index (χ1) is 9.40. The fraction of sp³-hybridized carbons (Fsp3) is 0.308. The third kappa shape index (κ3) is 2.83. The number of benzene rings is 1. The van der Waals surface area contributed by atoms with Crippen molar-refractivity contribution < 1.29 is 14.4 Å². The van der Waals surface area contributed by atoms with Gasteiger partial charge in [-0.05, 0) is 37.0 Å². The van der Waals surface area contributed by atoms with Crippen molar-refractivity contribution in [1.82, 2.24) is 9.13 Å². The lowest BCUT2D eigenvalue weighted by atomic mass is 9.77. The monoisotopic (exact) mass is 278 g/mol. The van der Waals surface area contributed by atoms with Gasteiger partial charge in [0.05, 0.1) is 6.54 Å². The lowest BCUT2D eigenvalue weighted by Crippen LogP contribution is -2.35. The molecule has 2 N–H and O–H groups in total. The van der Waals surface area contributed by atoms with Crippen molar-refractivity contribution in [3.63, 3.8) is 0 Å². The van der Waals surface area contributed by atoms with Crippen LogP contribution in [-0.2, 0) is 6.54 Å². The number of rotatable bonds is 4. The molecular formula is C13H16BFN2O3. The molecule has 0 saturated carbocycles. The molecule has 106 valence electrons. The fourth-order valence-electron chi connectivity index (χ4n) is 2.08. The summed E-state index contributed by atoms with van der Waals surface area (Å²) in [5.41, 5.74) is 0.363. The molecule has 2 aromatic rings. The molecule has 1 aromatic carbocycles. The van der Waals surface area contributed by atoms with Gasteiger partial charge in [0, 0.05) is 18.4 Å². The minimum Gasteiger partial charge on any atom is -0.423 e. The van der Waals surface area contributed by atoms with E-state index in [4.69, 9.17) is 0 Å². The molecular weight excluding hydrogens is 262 g/mol. The minimum absolute atomic E-state index is 0.0415. The van der Waals surface area contributed by atoms with Crippen molar-refractivity contribution in [3.8, 4) is 0 Å². The van der Waals surface area contributed by atoms with Crippen LogP contribution in [0.15, 0.2) is 35.4 Å². The van der Waals surface area contributed by atoms with Gasteiger partial charge in [-0.2, -0.15) is 0 Å². The largest absolute Gasteiger partial charge is 0.488 e. The van der Waals surface area contributed by atoms with E-state index in [2.05, 4.69) is 0 Å². The molecule has 0 fully saturated rings. The molecule has 0 atom stereocenters. The summed E-state index contributed by atoms with van der Waals surface area (Å²) in [5, 5.41) is 18.5. The van der Waals surface area contributed by atoms with E-state index < -0.39 is 12.9 Å². The number of imidazole rings is 1. The van der Waals surface area contributed by atoms with Gasteiger partial charge >= 0.3 is 12.8 Å². The number of hydrogen-bond donors (Lipinski definition) is 2. The van der Waals surface area contributed by atoms with E-state index >= 15 is 0 Å². The van der Waals surface area contributed by atoms with Gasteiger partial charge < -0.3 is 10.0 Å². The molecule has 0 aliphatic carbocycles. The summed E-state index contributed by atoms with van der Waals surface area (Å²) in [5.74, 6) is -0.552. The van der Waals surface area contributed by atoms with Crippen LogP contribution >= 0.6 is 0 Å². The van der Waals surface area contributed by atoms with Crippen LogP contribution in [0.2, 0.25) is 0 Å². The van der Waals surface area contributed by atoms with Crippen molar-refractivity contribution in [3.05, 3.63) is 52.5 Å². The summed E-state index contributed by atoms with van der Waals surface area (Å²) < 4.78 is 16.2. The molecule has 2 rings (SSSR count). The quantitative estimate of drug-likeness (QED) is 0.779. The third-order valence-corrected chi connectivity index (χ3v) is 3.16. The summed E-state index contributed by atoms with van der Waals surface area (Å²) in [6, 6.07) is 3.78. The molecule has 0 unspecified atom stereocenters. The van der Waals surface area contributed by atoms with Gasteiger partial charge in [-0.1, -0.05) is 6.07 Å². The van der Waals surface area contributed by atoms with Crippen molar-refractivity contribution >= 4 is 12.6 Å². The molecule has 1 heterocycles. The first-order valence-electron chi connectivity index (χ1n) is 6.32. The number of nitrogens with zero attached hydrogens (tertiary/aromatic N) is 2. The zero-order valence-electron chi connectivity index (χ0n) is 11.3. The van der Waals surface area contributed by atoms with Gasteiger partial charge in [-0.25, -0.2) is 9.18 Å². The number of hydrogen-bond acceptors (Lipinski definition) is 3. The molecule has 0 aliphatic rings. The predicted molar refractivity (Wildman–Crippen MR) is 74.4 cm³/mol. The maximum atomic E-state index is 13.1. The standard InChI is InChI=1S/C13H16BFN2O3/c1-9(2)17-6-5-16(13(17)18)8-10-3-4-11(15)7-12(10)14(19)20/h3-7,9,19-20H,8H2,1-2H3. The predicted octanol–water partition coefficient (Wildman–Crippen LogP) is 0.0979. The molecule has 0 radical (unpaired) electrons. The Morgan fingerprint density at radius 3 is 2.55 bits per heavy atom. The highest BCUT2D eigenvalue weighted by Gasteiger charge is 2.18. The molecule has 1 aromatic heterocycles. The summed E-state index contributed by atoms with van der Waals surface area (Å²) >= 11 is 0. The normalized spacial score (nSPS) is 11.1. The molecule has 0 saturated heterocycles. The highest BCUT2D eigenvalue weighted by Crippen LogP contribution is 2.05. The van der Waals surface area contributed by atoms with Crippen molar-refractivity contribution in [2.75, 3.05) is 0 Å². The van der Waals surface area contributed by atoms with Crippen LogP contribution in [0, 0.1) is 5.82 Å². The van der Waals surface area contributed by atoms with E-state index in [0.29, 0.717) is 5.56 Å². The Hall–Kier alpha value is -1.86. The number of halogens is 1. The molecule has 0 bridgehead atoms. The second-order valence-corrected chi connectivity index (χ2v) is 4.93. The zero-order chi connectivity index (χ0) is 14.9. The third-order valence-electron chi connectivity index (χ3n) is 3.16. The average Bonchev–Trinajstić information content (AvgIpc) is 2.73. The van der Waals surface area contributed by atoms with Crippen LogP contribution in [0.3, 0.4) is 0 Å². The number of aromatic nitrogens is 2. The Morgan fingerprint density at radius 2 is 2.00 bits per heavy atom. The first kappa shape index (κ1) is 14.6. The first-order valence-corrected chi connectivity index (χ1v) is 6.32. The second-order valence-electron chi connectivity index (χ2n) is 4.93. The van der Waals surface area contributed by atoms with Crippen LogP contribution in [0.5, 0.6) is 0 Å². The van der Waals surface area contributed by atoms with E-state index in [1.54, 1.807) is 17.0 Å². The summed E-state index contributed by atoms with van der Waals surface area (Å²) in [6.45, 7) is 3.95. The molecule has 0 spiro atoms. The Bertz CT molecular complexity index is 664. The Balaban J connectivity index is 2.38. The average molecular weight is 278 g/mol. The molecule has 7 heteroatoms. The molecule has 0 amide bonds. The Morgan fingerprint density at radius 1 is 1.30 bits per heavy atom. The van der Waals surface area contributed by atoms with E-state index in [-0.39, 0.29) is 23.7 Å². The minimum atomic E-state index is -1.77. The lowest BCUT2D eigenvalue weighted by Gasteiger charge is -2.10. The zero-order valence-corrected chi connectivity index (χ0v) is 11.3. The van der Waals surface area contributed by atoms with Crippen LogP contribution in [0.4, 0.5) is 4.39 Å². The van der Waals surface area contributed by atoms with Crippen molar-refractivity contribution in [2.24, 2.45) is 0 Å².